The fourth-order valence-electron chi connectivity index (χ4n) is 2.81. The van der Waals surface area contributed by atoms with Crippen molar-refractivity contribution in [1.29, 1.82) is 0 Å². The van der Waals surface area contributed by atoms with Crippen LogP contribution in [0.5, 0.6) is 0 Å². The molecule has 0 unspecified atom stereocenters. The zero-order chi connectivity index (χ0) is 20.1. The number of hydrogen-bond acceptors (Lipinski definition) is 5. The molecule has 6 nitrogen and oxygen atoms in total. The molecule has 1 amide bonds. The number of nitrogens with one attached hydrogen (secondary N) is 1. The second kappa shape index (κ2) is 8.98. The number of halogens is 1. The molecule has 0 saturated carbocycles. The molecule has 0 aliphatic heterocycles. The van der Waals surface area contributed by atoms with Gasteiger partial charge >= 0.3 is 0 Å². The van der Waals surface area contributed by atoms with Crippen molar-refractivity contribution in [2.45, 2.75) is 11.7 Å². The Morgan fingerprint density at radius 2 is 2.00 bits per heavy atom. The summed E-state index contributed by atoms with van der Waals surface area (Å²) >= 11 is 7.70. The zero-order valence-electron chi connectivity index (χ0n) is 15.3. The van der Waals surface area contributed by atoms with Gasteiger partial charge < -0.3 is 8.98 Å². The number of benzene rings is 2. The summed E-state index contributed by atoms with van der Waals surface area (Å²) < 4.78 is 7.20. The van der Waals surface area contributed by atoms with E-state index in [4.69, 9.17) is 16.0 Å². The Hall–Kier alpha value is -3.03. The molecule has 29 heavy (non-hydrogen) atoms. The van der Waals surface area contributed by atoms with Crippen LogP contribution in [0.15, 0.2) is 81.6 Å². The number of furan rings is 1. The van der Waals surface area contributed by atoms with Gasteiger partial charge in [-0.05, 0) is 35.9 Å². The lowest BCUT2D eigenvalue weighted by molar-refractivity contribution is -0.118. The third-order valence-corrected chi connectivity index (χ3v) is 5.51. The van der Waals surface area contributed by atoms with E-state index in [-0.39, 0.29) is 11.7 Å². The van der Waals surface area contributed by atoms with Crippen LogP contribution < -0.4 is 5.43 Å². The lowest BCUT2D eigenvalue weighted by Crippen LogP contribution is -2.20. The lowest BCUT2D eigenvalue weighted by atomic mass is 10.2. The van der Waals surface area contributed by atoms with Gasteiger partial charge in [0.1, 0.15) is 5.76 Å². The molecule has 0 atom stereocenters. The smallest absolute Gasteiger partial charge is 0.250 e. The van der Waals surface area contributed by atoms with Crippen LogP contribution in [-0.2, 0) is 11.3 Å². The average molecular weight is 425 g/mol. The molecule has 0 aliphatic rings. The largest absolute Gasteiger partial charge is 0.463 e. The van der Waals surface area contributed by atoms with Gasteiger partial charge in [-0.2, -0.15) is 5.10 Å². The number of carbonyl (C=O) groups is 1. The molecule has 4 aromatic rings. The summed E-state index contributed by atoms with van der Waals surface area (Å²) in [4.78, 5) is 16.8. The van der Waals surface area contributed by atoms with Crippen molar-refractivity contribution in [3.63, 3.8) is 0 Å². The topological polar surface area (TPSA) is 72.4 Å². The first-order valence-corrected chi connectivity index (χ1v) is 10.2. The van der Waals surface area contributed by atoms with Crippen molar-refractivity contribution < 1.29 is 9.21 Å². The van der Waals surface area contributed by atoms with Gasteiger partial charge in [-0.15, -0.1) is 0 Å². The number of imidazole rings is 1. The van der Waals surface area contributed by atoms with Gasteiger partial charge in [-0.1, -0.05) is 53.7 Å². The minimum absolute atomic E-state index is 0.182. The molecule has 2 heterocycles. The van der Waals surface area contributed by atoms with Crippen LogP contribution in [0.4, 0.5) is 0 Å². The molecule has 1 N–H and O–H groups in total. The molecule has 0 fully saturated rings. The highest BCUT2D eigenvalue weighted by Gasteiger charge is 2.14. The summed E-state index contributed by atoms with van der Waals surface area (Å²) in [7, 11) is 0. The Balaban J connectivity index is 1.49. The van der Waals surface area contributed by atoms with Gasteiger partial charge in [-0.3, -0.25) is 4.79 Å². The van der Waals surface area contributed by atoms with Crippen molar-refractivity contribution in [3.05, 3.63) is 83.3 Å². The van der Waals surface area contributed by atoms with Gasteiger partial charge in [0.25, 0.3) is 5.91 Å². The van der Waals surface area contributed by atoms with Gasteiger partial charge in [0.15, 0.2) is 5.16 Å². The molecule has 0 radical (unpaired) electrons. The van der Waals surface area contributed by atoms with Crippen molar-refractivity contribution >= 4 is 46.5 Å². The number of rotatable bonds is 7. The maximum Gasteiger partial charge on any atom is 0.250 e. The Bertz CT molecular complexity index is 1150. The van der Waals surface area contributed by atoms with Crippen molar-refractivity contribution in [3.8, 4) is 0 Å². The molecule has 2 aromatic heterocycles. The highest BCUT2D eigenvalue weighted by atomic mass is 35.5. The molecular formula is C21H17ClN4O2S. The monoisotopic (exact) mass is 424 g/mol. The van der Waals surface area contributed by atoms with Gasteiger partial charge in [-0.25, -0.2) is 10.4 Å². The van der Waals surface area contributed by atoms with E-state index in [1.54, 1.807) is 18.4 Å². The molecule has 2 aromatic carbocycles. The van der Waals surface area contributed by atoms with E-state index in [9.17, 15) is 4.79 Å². The maximum absolute atomic E-state index is 12.1. The van der Waals surface area contributed by atoms with Crippen LogP contribution in [-0.4, -0.2) is 27.4 Å². The van der Waals surface area contributed by atoms with Gasteiger partial charge in [0.2, 0.25) is 0 Å². The third kappa shape index (κ3) is 4.70. The van der Waals surface area contributed by atoms with Gasteiger partial charge in [0.05, 0.1) is 35.8 Å². The second-order valence-corrected chi connectivity index (χ2v) is 7.51. The second-order valence-electron chi connectivity index (χ2n) is 6.16. The molecule has 0 saturated heterocycles. The van der Waals surface area contributed by atoms with Crippen molar-refractivity contribution in [2.24, 2.45) is 5.10 Å². The average Bonchev–Trinajstić information content (AvgIpc) is 3.36. The van der Waals surface area contributed by atoms with E-state index in [0.717, 1.165) is 21.8 Å². The predicted molar refractivity (Wildman–Crippen MR) is 115 cm³/mol. The van der Waals surface area contributed by atoms with Crippen LogP contribution in [0.25, 0.3) is 11.0 Å². The molecule has 0 bridgehead atoms. The summed E-state index contributed by atoms with van der Waals surface area (Å²) in [6.45, 7) is 0.570. The number of carbonyl (C=O) groups excluding carboxylic acids is 1. The van der Waals surface area contributed by atoms with E-state index >= 15 is 0 Å². The molecule has 8 heteroatoms. The molecule has 4 rings (SSSR count). The molecule has 0 spiro atoms. The highest BCUT2D eigenvalue weighted by Crippen LogP contribution is 2.26. The summed E-state index contributed by atoms with van der Waals surface area (Å²) in [6, 6.07) is 19.1. The fourth-order valence-corrected chi connectivity index (χ4v) is 3.81. The normalized spacial score (nSPS) is 11.3. The van der Waals surface area contributed by atoms with E-state index in [1.807, 2.05) is 48.5 Å². The SMILES string of the molecule is O=C(CSc1nc2ccccc2n1Cc1ccccc1Cl)NN=Cc1ccco1. The van der Waals surface area contributed by atoms with Crippen LogP contribution in [0.2, 0.25) is 5.02 Å². The van der Waals surface area contributed by atoms with E-state index < -0.39 is 0 Å². The van der Waals surface area contributed by atoms with E-state index in [0.29, 0.717) is 17.3 Å². The molecule has 146 valence electrons. The fraction of sp³-hybridized carbons (Fsp3) is 0.0952. The standard InChI is InChI=1S/C21H17ClN4O2S/c22-17-8-2-1-6-15(17)13-26-19-10-4-3-9-18(19)24-21(26)29-14-20(27)25-23-12-16-7-5-11-28-16/h1-12H,13-14H2,(H,25,27). The summed E-state index contributed by atoms with van der Waals surface area (Å²) in [5, 5.41) is 5.34. The minimum atomic E-state index is -0.228. The number of thioether (sulfide) groups is 1. The number of aromatic nitrogens is 2. The molecule has 0 aliphatic carbocycles. The van der Waals surface area contributed by atoms with Crippen LogP contribution >= 0.6 is 23.4 Å². The third-order valence-electron chi connectivity index (χ3n) is 4.16. The zero-order valence-corrected chi connectivity index (χ0v) is 16.9. The number of hydrogen-bond donors (Lipinski definition) is 1. The number of fused-ring (bicyclic) bond motifs is 1. The van der Waals surface area contributed by atoms with Gasteiger partial charge in [0, 0.05) is 5.02 Å². The summed E-state index contributed by atoms with van der Waals surface area (Å²) in [5.74, 6) is 0.523. The predicted octanol–water partition coefficient (Wildman–Crippen LogP) is 4.57. The van der Waals surface area contributed by atoms with Crippen LogP contribution in [0, 0.1) is 0 Å². The Kier molecular flexibility index (Phi) is 5.97. The Morgan fingerprint density at radius 3 is 2.83 bits per heavy atom. The van der Waals surface area contributed by atoms with Crippen LogP contribution in [0.3, 0.4) is 0 Å². The minimum Gasteiger partial charge on any atom is -0.463 e. The first-order valence-electron chi connectivity index (χ1n) is 8.87. The highest BCUT2D eigenvalue weighted by molar-refractivity contribution is 7.99. The number of amides is 1. The Morgan fingerprint density at radius 1 is 1.17 bits per heavy atom. The maximum atomic E-state index is 12.1. The lowest BCUT2D eigenvalue weighted by Gasteiger charge is -2.10. The first kappa shape index (κ1) is 19.3. The van der Waals surface area contributed by atoms with Crippen molar-refractivity contribution in [1.82, 2.24) is 15.0 Å². The molecular weight excluding hydrogens is 408 g/mol. The number of nitrogens with zero attached hydrogens (tertiary/aromatic N) is 3. The number of para-hydroxylation sites is 2. The summed E-state index contributed by atoms with van der Waals surface area (Å²) in [5.41, 5.74) is 5.35. The Labute approximate surface area is 176 Å². The quantitative estimate of drug-likeness (QED) is 0.268. The van der Waals surface area contributed by atoms with E-state index in [2.05, 4.69) is 20.1 Å². The summed E-state index contributed by atoms with van der Waals surface area (Å²) in [6.07, 6.45) is 3.00. The number of hydrazone groups is 1. The van der Waals surface area contributed by atoms with Crippen molar-refractivity contribution in [2.75, 3.05) is 5.75 Å². The van der Waals surface area contributed by atoms with E-state index in [1.165, 1.54) is 18.0 Å². The van der Waals surface area contributed by atoms with Crippen LogP contribution in [0.1, 0.15) is 11.3 Å². The first-order chi connectivity index (χ1) is 14.2.